The number of anilines is 2. The largest absolute Gasteiger partial charge is 0.490 e. The van der Waals surface area contributed by atoms with Gasteiger partial charge in [0.15, 0.2) is 18.8 Å². The summed E-state index contributed by atoms with van der Waals surface area (Å²) in [4.78, 5) is 36.0. The lowest BCUT2D eigenvalue weighted by Gasteiger charge is -2.16. The minimum absolute atomic E-state index is 0.0545. The van der Waals surface area contributed by atoms with Crippen LogP contribution < -0.4 is 20.3 Å². The van der Waals surface area contributed by atoms with E-state index in [2.05, 4.69) is 10.6 Å². The van der Waals surface area contributed by atoms with Crippen LogP contribution in [0.5, 0.6) is 5.75 Å². The minimum atomic E-state index is -0.538. The molecule has 30 heavy (non-hydrogen) atoms. The first-order valence-corrected chi connectivity index (χ1v) is 9.42. The van der Waals surface area contributed by atoms with E-state index in [9.17, 15) is 19.7 Å². The fourth-order valence-electron chi connectivity index (χ4n) is 3.11. The monoisotopic (exact) mass is 415 g/mol. The number of carbonyl (C=O) groups excluding carboxylic acids is 2. The third-order valence-electron chi connectivity index (χ3n) is 4.67. The van der Waals surface area contributed by atoms with Gasteiger partial charge in [0.1, 0.15) is 0 Å². The van der Waals surface area contributed by atoms with E-state index in [0.717, 1.165) is 16.8 Å². The molecule has 2 aromatic rings. The van der Waals surface area contributed by atoms with Crippen molar-refractivity contribution in [3.8, 4) is 5.75 Å². The topological polar surface area (TPSA) is 115 Å². The number of amides is 2. The zero-order valence-corrected chi connectivity index (χ0v) is 17.8. The molecule has 0 radical (unpaired) electrons. The van der Waals surface area contributed by atoms with Crippen molar-refractivity contribution in [1.29, 1.82) is 0 Å². The van der Waals surface area contributed by atoms with Gasteiger partial charge in [0.05, 0.1) is 19.1 Å². The predicted octanol–water partition coefficient (Wildman–Crippen LogP) is 1.62. The molecule has 0 bridgehead atoms. The third kappa shape index (κ3) is 5.77. The van der Waals surface area contributed by atoms with Crippen molar-refractivity contribution in [2.45, 2.75) is 20.8 Å². The Morgan fingerprint density at radius 1 is 1.03 bits per heavy atom. The molecule has 0 spiro atoms. The highest BCUT2D eigenvalue weighted by atomic mass is 16.6. The molecule has 0 fully saturated rings. The lowest BCUT2D eigenvalue weighted by Crippen LogP contribution is -3.11. The number of hydrogen-bond acceptors (Lipinski definition) is 5. The average molecular weight is 415 g/mol. The molecule has 1 atom stereocenters. The van der Waals surface area contributed by atoms with Gasteiger partial charge in [-0.1, -0.05) is 18.2 Å². The number of nitro benzene ring substituents is 1. The molecule has 0 saturated carbocycles. The van der Waals surface area contributed by atoms with E-state index in [4.69, 9.17) is 4.74 Å². The first kappa shape index (κ1) is 22.8. The minimum Gasteiger partial charge on any atom is -0.490 e. The zero-order chi connectivity index (χ0) is 22.4. The second-order valence-corrected chi connectivity index (χ2v) is 7.27. The normalized spacial score (nSPS) is 11.5. The Morgan fingerprint density at radius 2 is 1.60 bits per heavy atom. The number of methoxy groups -OCH3 is 1. The highest BCUT2D eigenvalue weighted by molar-refractivity contribution is 5.94. The van der Waals surface area contributed by atoms with Crippen LogP contribution in [0.25, 0.3) is 0 Å². The van der Waals surface area contributed by atoms with Crippen LogP contribution in [0.1, 0.15) is 16.7 Å². The summed E-state index contributed by atoms with van der Waals surface area (Å²) in [6, 6.07) is 8.55. The lowest BCUT2D eigenvalue weighted by molar-refractivity contribution is -0.862. The van der Waals surface area contributed by atoms with Crippen molar-refractivity contribution in [3.63, 3.8) is 0 Å². The van der Waals surface area contributed by atoms with Crippen molar-refractivity contribution < 1.29 is 24.1 Å². The Kier molecular flexibility index (Phi) is 7.48. The van der Waals surface area contributed by atoms with E-state index in [1.807, 2.05) is 32.0 Å². The first-order chi connectivity index (χ1) is 14.1. The molecular formula is C21H27N4O5+. The molecule has 0 aliphatic rings. The maximum atomic E-state index is 12.4. The molecule has 2 rings (SSSR count). The number of para-hydroxylation sites is 1. The molecule has 0 heterocycles. The van der Waals surface area contributed by atoms with E-state index < -0.39 is 4.92 Å². The number of nitro groups is 1. The Bertz CT molecular complexity index is 954. The van der Waals surface area contributed by atoms with E-state index in [1.165, 1.54) is 19.2 Å². The van der Waals surface area contributed by atoms with Crippen LogP contribution in [0.2, 0.25) is 0 Å². The van der Waals surface area contributed by atoms with Gasteiger partial charge in [0.25, 0.3) is 11.8 Å². The van der Waals surface area contributed by atoms with Crippen molar-refractivity contribution in [2.75, 3.05) is 37.9 Å². The Morgan fingerprint density at radius 3 is 2.13 bits per heavy atom. The van der Waals surface area contributed by atoms with Crippen molar-refractivity contribution in [1.82, 2.24) is 0 Å². The van der Waals surface area contributed by atoms with Gasteiger partial charge in [-0.25, -0.2) is 0 Å². The first-order valence-electron chi connectivity index (χ1n) is 9.42. The van der Waals surface area contributed by atoms with Crippen LogP contribution >= 0.6 is 0 Å². The van der Waals surface area contributed by atoms with Crippen LogP contribution in [0, 0.1) is 30.9 Å². The van der Waals surface area contributed by atoms with Gasteiger partial charge >= 0.3 is 5.69 Å². The molecule has 9 nitrogen and oxygen atoms in total. The summed E-state index contributed by atoms with van der Waals surface area (Å²) in [5, 5.41) is 16.7. The number of rotatable bonds is 8. The highest BCUT2D eigenvalue weighted by Crippen LogP contribution is 2.32. The fraction of sp³-hybridized carbons (Fsp3) is 0.333. The zero-order valence-electron chi connectivity index (χ0n) is 17.8. The molecule has 0 aliphatic heterocycles. The number of carbonyl (C=O) groups is 2. The second kappa shape index (κ2) is 9.84. The number of nitrogens with one attached hydrogen (secondary N) is 3. The maximum Gasteiger partial charge on any atom is 0.311 e. The summed E-state index contributed by atoms with van der Waals surface area (Å²) in [7, 11) is 3.07. The maximum absolute atomic E-state index is 12.4. The van der Waals surface area contributed by atoms with Gasteiger partial charge in [-0.15, -0.1) is 0 Å². The molecule has 160 valence electrons. The van der Waals surface area contributed by atoms with Gasteiger partial charge < -0.3 is 20.3 Å². The van der Waals surface area contributed by atoms with Crippen LogP contribution in [-0.4, -0.2) is 44.0 Å². The quantitative estimate of drug-likeness (QED) is 0.448. The van der Waals surface area contributed by atoms with Crippen LogP contribution in [0.4, 0.5) is 17.1 Å². The van der Waals surface area contributed by atoms with Gasteiger partial charge in [0, 0.05) is 23.5 Å². The fourth-order valence-corrected chi connectivity index (χ4v) is 3.11. The highest BCUT2D eigenvalue weighted by Gasteiger charge is 2.20. The summed E-state index contributed by atoms with van der Waals surface area (Å²) < 4.78 is 5.04. The number of nitrogens with zero attached hydrogens (tertiary/aromatic N) is 1. The van der Waals surface area contributed by atoms with E-state index in [0.29, 0.717) is 16.2 Å². The Balaban J connectivity index is 1.98. The van der Waals surface area contributed by atoms with Crippen LogP contribution in [0.15, 0.2) is 30.3 Å². The predicted molar refractivity (Wildman–Crippen MR) is 114 cm³/mol. The SMILES string of the molecule is COc1cc(NC(=O)C[NH+](C)CC(=O)Nc2c(C)cccc2C)c(C)cc1[N+](=O)[O-]. The van der Waals surface area contributed by atoms with E-state index >= 15 is 0 Å². The second-order valence-electron chi connectivity index (χ2n) is 7.27. The summed E-state index contributed by atoms with van der Waals surface area (Å²) in [5.74, 6) is -0.438. The number of ether oxygens (including phenoxy) is 1. The van der Waals surface area contributed by atoms with Crippen LogP contribution in [0.3, 0.4) is 0 Å². The standard InChI is InChI=1S/C21H26N4O5/c1-13-7-6-8-14(2)21(13)23-20(27)12-24(4)11-19(26)22-16-10-18(30-5)17(25(28)29)9-15(16)3/h6-10H,11-12H2,1-5H3,(H,22,26)(H,23,27)/p+1. The van der Waals surface area contributed by atoms with Gasteiger partial charge in [-0.3, -0.25) is 19.7 Å². The van der Waals surface area contributed by atoms with Crippen molar-refractivity contribution in [2.24, 2.45) is 0 Å². The number of benzene rings is 2. The molecule has 0 saturated heterocycles. The number of hydrogen-bond donors (Lipinski definition) is 3. The summed E-state index contributed by atoms with van der Waals surface area (Å²) in [6.45, 7) is 5.68. The number of quaternary nitrogens is 1. The van der Waals surface area contributed by atoms with Gasteiger partial charge in [-0.05, 0) is 37.5 Å². The molecule has 0 aliphatic carbocycles. The Hall–Kier alpha value is -3.46. The molecular weight excluding hydrogens is 388 g/mol. The molecule has 9 heteroatoms. The Labute approximate surface area is 175 Å². The van der Waals surface area contributed by atoms with Gasteiger partial charge in [0.2, 0.25) is 0 Å². The number of aryl methyl sites for hydroxylation is 3. The molecule has 0 aromatic heterocycles. The van der Waals surface area contributed by atoms with E-state index in [1.54, 1.807) is 14.0 Å². The van der Waals surface area contributed by atoms with Gasteiger partial charge in [-0.2, -0.15) is 0 Å². The molecule has 2 aromatic carbocycles. The number of likely N-dealkylation sites (N-methyl/N-ethyl adjacent to an activating group) is 1. The third-order valence-corrected chi connectivity index (χ3v) is 4.67. The summed E-state index contributed by atoms with van der Waals surface area (Å²) in [6.07, 6.45) is 0. The smallest absolute Gasteiger partial charge is 0.311 e. The van der Waals surface area contributed by atoms with Crippen molar-refractivity contribution >= 4 is 28.9 Å². The summed E-state index contributed by atoms with van der Waals surface area (Å²) in [5.41, 5.74) is 3.53. The average Bonchev–Trinajstić information content (AvgIpc) is 2.65. The molecule has 3 N–H and O–H groups in total. The van der Waals surface area contributed by atoms with E-state index in [-0.39, 0.29) is 36.3 Å². The van der Waals surface area contributed by atoms with Crippen molar-refractivity contribution in [3.05, 3.63) is 57.1 Å². The molecule has 1 unspecified atom stereocenters. The van der Waals surface area contributed by atoms with Crippen LogP contribution in [-0.2, 0) is 9.59 Å². The summed E-state index contributed by atoms with van der Waals surface area (Å²) >= 11 is 0. The molecule has 2 amide bonds. The lowest BCUT2D eigenvalue weighted by atomic mass is 10.1.